The molecule has 0 saturated heterocycles. The Morgan fingerprint density at radius 3 is 2.09 bits per heavy atom. The van der Waals surface area contributed by atoms with Crippen molar-refractivity contribution in [3.8, 4) is 0 Å². The smallest absolute Gasteiger partial charge is 0.302 e. The van der Waals surface area contributed by atoms with Crippen molar-refractivity contribution in [1.82, 2.24) is 0 Å². The van der Waals surface area contributed by atoms with Crippen LogP contribution in [0.4, 0.5) is 0 Å². The minimum Gasteiger partial charge on any atom is -0.460 e. The zero-order valence-corrected chi connectivity index (χ0v) is 8.64. The fraction of sp³-hybridized carbons (Fsp3) is 0.857. The maximum atomic E-state index is 10.3. The Bertz CT molecular complexity index is 120. The molecule has 0 aromatic heterocycles. The molecule has 4 heteroatoms. The predicted octanol–water partition coefficient (Wildman–Crippen LogP) is 0.253. The Kier molecular flexibility index (Phi) is 6.87. The van der Waals surface area contributed by atoms with Crippen LogP contribution in [0.1, 0.15) is 6.92 Å². The van der Waals surface area contributed by atoms with Gasteiger partial charge in [0.15, 0.2) is 0 Å². The second-order valence-corrected chi connectivity index (χ2v) is 3.35. The van der Waals surface area contributed by atoms with Gasteiger partial charge in [0.2, 0.25) is 0 Å². The summed E-state index contributed by atoms with van der Waals surface area (Å²) in [6.45, 7) is 2.80. The molecule has 0 spiro atoms. The number of nitrogens with zero attached hydrogens (tertiary/aromatic N) is 1. The summed E-state index contributed by atoms with van der Waals surface area (Å²) in [7, 11) is 6.18. The van der Waals surface area contributed by atoms with E-state index >= 15 is 0 Å². The van der Waals surface area contributed by atoms with Crippen LogP contribution in [-0.4, -0.2) is 44.7 Å². The van der Waals surface area contributed by atoms with E-state index in [9.17, 15) is 4.79 Å². The second kappa shape index (κ2) is 5.58. The maximum Gasteiger partial charge on any atom is 0.302 e. The molecule has 0 aromatic carbocycles. The van der Waals surface area contributed by atoms with Gasteiger partial charge in [-0.05, 0) is 0 Å². The zero-order valence-electron chi connectivity index (χ0n) is 7.53. The fourth-order valence-electron chi connectivity index (χ4n) is 0.463. The topological polar surface area (TPSA) is 26.3 Å². The van der Waals surface area contributed by atoms with Gasteiger partial charge >= 0.3 is 5.97 Å². The van der Waals surface area contributed by atoms with Crippen molar-refractivity contribution in [1.29, 1.82) is 0 Å². The van der Waals surface area contributed by atoms with E-state index in [4.69, 9.17) is 4.74 Å². The van der Waals surface area contributed by atoms with Crippen molar-refractivity contribution in [3.63, 3.8) is 0 Å². The molecular formula is C7H16FeNO2+. The summed E-state index contributed by atoms with van der Waals surface area (Å²) in [5.74, 6) is -0.201. The van der Waals surface area contributed by atoms with Crippen LogP contribution in [0.2, 0.25) is 0 Å². The van der Waals surface area contributed by atoms with Gasteiger partial charge in [-0.2, -0.15) is 0 Å². The molecule has 0 heterocycles. The summed E-state index contributed by atoms with van der Waals surface area (Å²) in [5.41, 5.74) is 0. The second-order valence-electron chi connectivity index (χ2n) is 3.35. The number of hydrogen-bond acceptors (Lipinski definition) is 2. The van der Waals surface area contributed by atoms with Crippen LogP contribution in [-0.2, 0) is 26.6 Å². The maximum absolute atomic E-state index is 10.3. The molecule has 68 valence electrons. The number of rotatable bonds is 3. The van der Waals surface area contributed by atoms with Crippen molar-refractivity contribution >= 4 is 5.97 Å². The third-order valence-electron chi connectivity index (χ3n) is 1.07. The molecule has 0 saturated carbocycles. The first-order valence-electron chi connectivity index (χ1n) is 3.35. The van der Waals surface area contributed by atoms with Gasteiger partial charge in [0.25, 0.3) is 0 Å². The fourth-order valence-corrected chi connectivity index (χ4v) is 0.463. The number of quaternary nitrogens is 1. The van der Waals surface area contributed by atoms with Crippen molar-refractivity contribution in [3.05, 3.63) is 0 Å². The molecule has 0 aliphatic carbocycles. The molecule has 0 unspecified atom stereocenters. The summed E-state index contributed by atoms with van der Waals surface area (Å²) in [6.07, 6.45) is 0. The Hall–Kier alpha value is -0.0505. The Balaban J connectivity index is 0. The average Bonchev–Trinajstić information content (AvgIpc) is 1.59. The van der Waals surface area contributed by atoms with Gasteiger partial charge < -0.3 is 9.22 Å². The summed E-state index contributed by atoms with van der Waals surface area (Å²) >= 11 is 0. The van der Waals surface area contributed by atoms with Crippen molar-refractivity contribution in [2.75, 3.05) is 34.3 Å². The SMILES string of the molecule is CC(=O)OCC[N+](C)(C)C.[Fe]. The molecule has 0 aliphatic heterocycles. The van der Waals surface area contributed by atoms with Crippen LogP contribution in [0, 0.1) is 0 Å². The van der Waals surface area contributed by atoms with Crippen LogP contribution in [0.15, 0.2) is 0 Å². The van der Waals surface area contributed by atoms with E-state index < -0.39 is 0 Å². The predicted molar refractivity (Wildman–Crippen MR) is 39.5 cm³/mol. The number of carbonyl (C=O) groups is 1. The minimum atomic E-state index is -0.201. The average molecular weight is 202 g/mol. The number of ether oxygens (including phenoxy) is 1. The van der Waals surface area contributed by atoms with Gasteiger partial charge in [-0.3, -0.25) is 4.79 Å². The molecule has 0 radical (unpaired) electrons. The van der Waals surface area contributed by atoms with E-state index in [1.807, 2.05) is 0 Å². The standard InChI is InChI=1S/C7H16NO2.Fe/c1-7(9)10-6-5-8(2,3)4;/h5-6H2,1-4H3;/q+1;. The molecule has 0 rings (SSSR count). The molecule has 0 amide bonds. The van der Waals surface area contributed by atoms with Crippen molar-refractivity contribution in [2.45, 2.75) is 6.92 Å². The summed E-state index contributed by atoms with van der Waals surface area (Å²) in [5, 5.41) is 0. The van der Waals surface area contributed by atoms with Gasteiger partial charge in [-0.1, -0.05) is 0 Å². The van der Waals surface area contributed by atoms with Gasteiger partial charge in [0.05, 0.1) is 21.1 Å². The summed E-state index contributed by atoms with van der Waals surface area (Å²) in [4.78, 5) is 10.3. The van der Waals surface area contributed by atoms with Crippen molar-refractivity contribution < 1.29 is 31.1 Å². The molecule has 0 atom stereocenters. The Morgan fingerprint density at radius 1 is 1.36 bits per heavy atom. The van der Waals surface area contributed by atoms with Crippen LogP contribution < -0.4 is 0 Å². The van der Waals surface area contributed by atoms with Crippen LogP contribution in [0.3, 0.4) is 0 Å². The number of carbonyl (C=O) groups excluding carboxylic acids is 1. The largest absolute Gasteiger partial charge is 0.460 e. The monoisotopic (exact) mass is 202 g/mol. The quantitative estimate of drug-likeness (QED) is 0.372. The van der Waals surface area contributed by atoms with Gasteiger partial charge in [0, 0.05) is 24.0 Å². The number of likely N-dealkylation sites (N-methyl/N-ethyl adjacent to an activating group) is 1. The Labute approximate surface area is 78.8 Å². The Morgan fingerprint density at radius 2 is 1.82 bits per heavy atom. The minimum absolute atomic E-state index is 0. The zero-order chi connectivity index (χ0) is 8.20. The van der Waals surface area contributed by atoms with E-state index in [1.165, 1.54) is 6.92 Å². The molecule has 0 aromatic rings. The van der Waals surface area contributed by atoms with E-state index in [2.05, 4.69) is 21.1 Å². The summed E-state index contributed by atoms with van der Waals surface area (Å²) < 4.78 is 5.59. The molecule has 0 N–H and O–H groups in total. The van der Waals surface area contributed by atoms with Crippen LogP contribution in [0.25, 0.3) is 0 Å². The molecular weight excluding hydrogens is 186 g/mol. The van der Waals surface area contributed by atoms with E-state index in [1.54, 1.807) is 0 Å². The van der Waals surface area contributed by atoms with E-state index in [0.29, 0.717) is 6.61 Å². The molecule has 0 bridgehead atoms. The van der Waals surface area contributed by atoms with Crippen molar-refractivity contribution in [2.24, 2.45) is 0 Å². The third kappa shape index (κ3) is 13.0. The first-order chi connectivity index (χ1) is 4.42. The van der Waals surface area contributed by atoms with Crippen LogP contribution >= 0.6 is 0 Å². The third-order valence-corrected chi connectivity index (χ3v) is 1.07. The summed E-state index contributed by atoms with van der Waals surface area (Å²) in [6, 6.07) is 0. The first-order valence-corrected chi connectivity index (χ1v) is 3.35. The number of hydrogen-bond donors (Lipinski definition) is 0. The molecule has 0 aliphatic rings. The first kappa shape index (κ1) is 13.5. The van der Waals surface area contributed by atoms with E-state index in [0.717, 1.165) is 11.0 Å². The number of esters is 1. The normalized spacial score (nSPS) is 10.2. The molecule has 11 heavy (non-hydrogen) atoms. The van der Waals surface area contributed by atoms with Gasteiger partial charge in [-0.25, -0.2) is 0 Å². The molecule has 0 fully saturated rings. The molecule has 3 nitrogen and oxygen atoms in total. The van der Waals surface area contributed by atoms with Crippen LogP contribution in [0.5, 0.6) is 0 Å². The van der Waals surface area contributed by atoms with Gasteiger partial charge in [-0.15, -0.1) is 0 Å². The van der Waals surface area contributed by atoms with E-state index in [-0.39, 0.29) is 23.0 Å². The van der Waals surface area contributed by atoms with Gasteiger partial charge in [0.1, 0.15) is 13.2 Å².